The highest BCUT2D eigenvalue weighted by Crippen LogP contribution is 2.30. The zero-order valence-corrected chi connectivity index (χ0v) is 18.7. The van der Waals surface area contributed by atoms with Gasteiger partial charge in [0, 0.05) is 0 Å². The first-order valence-electron chi connectivity index (χ1n) is 11.2. The summed E-state index contributed by atoms with van der Waals surface area (Å²) in [4.78, 5) is 29.2. The number of alkyl halides is 3. The SMILES string of the molecule is CN1CCC(c2ccc(C(NC(=O)c3ccc(C(F)(F)F)[nH]c3=O)c3ccccc3)cc2)CC1. The lowest BCUT2D eigenvalue weighted by Gasteiger charge is -2.29. The van der Waals surface area contributed by atoms with Gasteiger partial charge in [0.25, 0.3) is 11.5 Å². The Morgan fingerprint density at radius 1 is 0.971 bits per heavy atom. The molecule has 0 bridgehead atoms. The van der Waals surface area contributed by atoms with E-state index in [0.29, 0.717) is 12.0 Å². The van der Waals surface area contributed by atoms with Gasteiger partial charge in [-0.3, -0.25) is 9.59 Å². The minimum atomic E-state index is -4.70. The third-order valence-electron chi connectivity index (χ3n) is 6.33. The predicted molar refractivity (Wildman–Crippen MR) is 124 cm³/mol. The van der Waals surface area contributed by atoms with Crippen molar-refractivity contribution < 1.29 is 18.0 Å². The van der Waals surface area contributed by atoms with Crippen molar-refractivity contribution in [3.63, 3.8) is 0 Å². The second-order valence-electron chi connectivity index (χ2n) is 8.67. The van der Waals surface area contributed by atoms with Gasteiger partial charge in [-0.05, 0) is 67.7 Å². The van der Waals surface area contributed by atoms with Gasteiger partial charge < -0.3 is 15.2 Å². The number of benzene rings is 2. The van der Waals surface area contributed by atoms with E-state index in [9.17, 15) is 22.8 Å². The number of halogens is 3. The number of carbonyl (C=O) groups excluding carboxylic acids is 1. The van der Waals surface area contributed by atoms with Gasteiger partial charge in [0.1, 0.15) is 11.3 Å². The van der Waals surface area contributed by atoms with Crippen LogP contribution in [0.5, 0.6) is 0 Å². The number of nitrogens with zero attached hydrogens (tertiary/aromatic N) is 1. The molecule has 2 heterocycles. The molecule has 0 aliphatic carbocycles. The molecule has 2 aromatic carbocycles. The number of aromatic nitrogens is 1. The van der Waals surface area contributed by atoms with Gasteiger partial charge in [-0.15, -0.1) is 0 Å². The maximum absolute atomic E-state index is 12.9. The molecule has 3 aromatic rings. The van der Waals surface area contributed by atoms with E-state index in [4.69, 9.17) is 0 Å². The molecule has 1 aliphatic rings. The highest BCUT2D eigenvalue weighted by Gasteiger charge is 2.32. The van der Waals surface area contributed by atoms with E-state index in [2.05, 4.69) is 29.4 Å². The normalized spacial score (nSPS) is 16.2. The molecule has 0 radical (unpaired) electrons. The Bertz CT molecular complexity index is 1180. The van der Waals surface area contributed by atoms with Crippen LogP contribution < -0.4 is 10.9 Å². The van der Waals surface area contributed by atoms with Gasteiger partial charge in [0.2, 0.25) is 0 Å². The molecule has 1 amide bonds. The molecular formula is C26H26F3N3O2. The standard InChI is InChI=1S/C26H26F3N3O2/c1-32-15-13-18(14-16-32)17-7-9-20(10-8-17)23(19-5-3-2-4-6-19)31-25(34)21-11-12-22(26(27,28)29)30-24(21)33/h2-12,18,23H,13-16H2,1H3,(H,30,33)(H,31,34). The van der Waals surface area contributed by atoms with E-state index < -0.39 is 29.4 Å². The first kappa shape index (κ1) is 23.8. The lowest BCUT2D eigenvalue weighted by atomic mass is 9.88. The summed E-state index contributed by atoms with van der Waals surface area (Å²) in [5.41, 5.74) is 0.201. The van der Waals surface area contributed by atoms with Gasteiger partial charge in [0.15, 0.2) is 0 Å². The molecule has 178 valence electrons. The van der Waals surface area contributed by atoms with Crippen LogP contribution >= 0.6 is 0 Å². The topological polar surface area (TPSA) is 65.2 Å². The fraction of sp³-hybridized carbons (Fsp3) is 0.308. The van der Waals surface area contributed by atoms with Crippen LogP contribution in [0.1, 0.15) is 57.5 Å². The molecule has 5 nitrogen and oxygen atoms in total. The van der Waals surface area contributed by atoms with E-state index in [1.54, 1.807) is 4.98 Å². The number of piperidine rings is 1. The Hall–Kier alpha value is -3.39. The Morgan fingerprint density at radius 2 is 1.59 bits per heavy atom. The number of hydrogen-bond acceptors (Lipinski definition) is 3. The largest absolute Gasteiger partial charge is 0.431 e. The third-order valence-corrected chi connectivity index (χ3v) is 6.33. The Labute approximate surface area is 195 Å². The summed E-state index contributed by atoms with van der Waals surface area (Å²) in [6, 6.07) is 18.3. The van der Waals surface area contributed by atoms with Gasteiger partial charge >= 0.3 is 6.18 Å². The summed E-state index contributed by atoms with van der Waals surface area (Å²) in [7, 11) is 2.12. The number of carbonyl (C=O) groups is 1. The van der Waals surface area contributed by atoms with Crippen molar-refractivity contribution in [1.82, 2.24) is 15.2 Å². The molecule has 2 N–H and O–H groups in total. The number of rotatable bonds is 5. The van der Waals surface area contributed by atoms with Crippen molar-refractivity contribution in [2.24, 2.45) is 0 Å². The molecule has 1 saturated heterocycles. The number of likely N-dealkylation sites (tertiary alicyclic amines) is 1. The second-order valence-corrected chi connectivity index (χ2v) is 8.67. The van der Waals surface area contributed by atoms with Gasteiger partial charge in [-0.25, -0.2) is 0 Å². The van der Waals surface area contributed by atoms with E-state index in [-0.39, 0.29) is 5.56 Å². The number of H-pyrrole nitrogens is 1. The van der Waals surface area contributed by atoms with Crippen LogP contribution in [0.3, 0.4) is 0 Å². The molecule has 1 unspecified atom stereocenters. The first-order valence-corrected chi connectivity index (χ1v) is 11.2. The van der Waals surface area contributed by atoms with Crippen LogP contribution in [0.4, 0.5) is 13.2 Å². The first-order chi connectivity index (χ1) is 16.2. The monoisotopic (exact) mass is 469 g/mol. The molecule has 1 aromatic heterocycles. The summed E-state index contributed by atoms with van der Waals surface area (Å²) in [6.45, 7) is 2.10. The van der Waals surface area contributed by atoms with Crippen LogP contribution in [-0.2, 0) is 6.18 Å². The molecule has 1 aliphatic heterocycles. The van der Waals surface area contributed by atoms with Crippen LogP contribution in [-0.4, -0.2) is 35.9 Å². The smallest absolute Gasteiger partial charge is 0.341 e. The second kappa shape index (κ2) is 9.85. The summed E-state index contributed by atoms with van der Waals surface area (Å²) >= 11 is 0. The third kappa shape index (κ3) is 5.39. The minimum Gasteiger partial charge on any atom is -0.341 e. The van der Waals surface area contributed by atoms with E-state index in [0.717, 1.165) is 43.1 Å². The van der Waals surface area contributed by atoms with E-state index in [1.807, 2.05) is 42.5 Å². The van der Waals surface area contributed by atoms with Crippen molar-refractivity contribution >= 4 is 5.91 Å². The maximum atomic E-state index is 12.9. The number of amides is 1. The average molecular weight is 470 g/mol. The van der Waals surface area contributed by atoms with Gasteiger partial charge in [-0.1, -0.05) is 54.6 Å². The van der Waals surface area contributed by atoms with Crippen LogP contribution in [0.25, 0.3) is 0 Å². The molecule has 8 heteroatoms. The Morgan fingerprint density at radius 3 is 2.18 bits per heavy atom. The maximum Gasteiger partial charge on any atom is 0.431 e. The molecule has 34 heavy (non-hydrogen) atoms. The number of aromatic amines is 1. The number of nitrogens with one attached hydrogen (secondary N) is 2. The molecule has 1 fully saturated rings. The lowest BCUT2D eigenvalue weighted by molar-refractivity contribution is -0.141. The van der Waals surface area contributed by atoms with E-state index in [1.165, 1.54) is 5.56 Å². The van der Waals surface area contributed by atoms with Crippen LogP contribution in [0.2, 0.25) is 0 Å². The minimum absolute atomic E-state index is 0.378. The summed E-state index contributed by atoms with van der Waals surface area (Å²) in [5, 5.41) is 2.82. The summed E-state index contributed by atoms with van der Waals surface area (Å²) < 4.78 is 38.6. The lowest BCUT2D eigenvalue weighted by Crippen LogP contribution is -2.34. The summed E-state index contributed by atoms with van der Waals surface area (Å²) in [6.07, 6.45) is -2.52. The Balaban J connectivity index is 1.59. The molecule has 1 atom stereocenters. The Kier molecular flexibility index (Phi) is 6.88. The van der Waals surface area contributed by atoms with E-state index >= 15 is 0 Å². The highest BCUT2D eigenvalue weighted by atomic mass is 19.4. The molecule has 0 saturated carbocycles. The predicted octanol–water partition coefficient (Wildman–Crippen LogP) is 4.72. The number of hydrogen-bond donors (Lipinski definition) is 2. The van der Waals surface area contributed by atoms with Crippen molar-refractivity contribution in [1.29, 1.82) is 0 Å². The quantitative estimate of drug-likeness (QED) is 0.568. The zero-order valence-electron chi connectivity index (χ0n) is 18.7. The van der Waals surface area contributed by atoms with Gasteiger partial charge in [0.05, 0.1) is 6.04 Å². The molecule has 0 spiro atoms. The fourth-order valence-corrected chi connectivity index (χ4v) is 4.33. The van der Waals surface area contributed by atoms with Crippen molar-refractivity contribution in [3.05, 3.63) is 105 Å². The fourth-order valence-electron chi connectivity index (χ4n) is 4.33. The molecular weight excluding hydrogens is 443 g/mol. The van der Waals surface area contributed by atoms with Crippen LogP contribution in [0.15, 0.2) is 71.5 Å². The van der Waals surface area contributed by atoms with Crippen molar-refractivity contribution in [2.45, 2.75) is 31.0 Å². The van der Waals surface area contributed by atoms with Crippen molar-refractivity contribution in [3.8, 4) is 0 Å². The van der Waals surface area contributed by atoms with Gasteiger partial charge in [-0.2, -0.15) is 13.2 Å². The summed E-state index contributed by atoms with van der Waals surface area (Å²) in [5.74, 6) is -0.260. The highest BCUT2D eigenvalue weighted by molar-refractivity contribution is 5.94. The van der Waals surface area contributed by atoms with Crippen LogP contribution in [0, 0.1) is 0 Å². The van der Waals surface area contributed by atoms with Crippen molar-refractivity contribution in [2.75, 3.05) is 20.1 Å². The zero-order chi connectivity index (χ0) is 24.3. The average Bonchev–Trinajstić information content (AvgIpc) is 2.83. The number of pyridine rings is 1. The molecule has 4 rings (SSSR count).